The highest BCUT2D eigenvalue weighted by Crippen LogP contribution is 2.34. The van der Waals surface area contributed by atoms with Gasteiger partial charge in [0, 0.05) is 25.9 Å². The van der Waals surface area contributed by atoms with Crippen molar-refractivity contribution in [3.63, 3.8) is 0 Å². The molecule has 0 bridgehead atoms. The van der Waals surface area contributed by atoms with E-state index in [2.05, 4.69) is 20.8 Å². The van der Waals surface area contributed by atoms with Crippen LogP contribution in [-0.2, 0) is 9.59 Å². The lowest BCUT2D eigenvalue weighted by atomic mass is 9.75. The van der Waals surface area contributed by atoms with Crippen molar-refractivity contribution < 1.29 is 14.7 Å². The molecule has 0 aromatic heterocycles. The van der Waals surface area contributed by atoms with Crippen LogP contribution in [0, 0.1) is 17.3 Å². The van der Waals surface area contributed by atoms with E-state index in [0.29, 0.717) is 17.8 Å². The number of carbonyl (C=O) groups is 2. The number of carboxylic acids is 1. The Labute approximate surface area is 116 Å². The number of hydrogen-bond acceptors (Lipinski definition) is 2. The molecule has 4 nitrogen and oxygen atoms in total. The van der Waals surface area contributed by atoms with Gasteiger partial charge in [0.1, 0.15) is 0 Å². The lowest BCUT2D eigenvalue weighted by Crippen LogP contribution is -2.41. The van der Waals surface area contributed by atoms with E-state index >= 15 is 0 Å². The number of nitrogens with zero attached hydrogens (tertiary/aromatic N) is 1. The summed E-state index contributed by atoms with van der Waals surface area (Å²) in [7, 11) is 0. The second-order valence-corrected chi connectivity index (χ2v) is 6.93. The van der Waals surface area contributed by atoms with Crippen molar-refractivity contribution in [2.24, 2.45) is 17.3 Å². The van der Waals surface area contributed by atoms with E-state index in [9.17, 15) is 9.59 Å². The van der Waals surface area contributed by atoms with Crippen LogP contribution in [0.3, 0.4) is 0 Å². The molecule has 1 amide bonds. The second-order valence-electron chi connectivity index (χ2n) is 6.93. The van der Waals surface area contributed by atoms with Crippen molar-refractivity contribution in [1.82, 2.24) is 4.90 Å². The Kier molecular flexibility index (Phi) is 5.39. The molecule has 1 N–H and O–H groups in total. The van der Waals surface area contributed by atoms with Crippen LogP contribution in [0.25, 0.3) is 0 Å². The van der Waals surface area contributed by atoms with E-state index in [4.69, 9.17) is 5.11 Å². The first-order valence-corrected chi connectivity index (χ1v) is 7.19. The predicted octanol–water partition coefficient (Wildman–Crippen LogP) is 2.77. The average molecular weight is 269 g/mol. The average Bonchev–Trinajstić information content (AvgIpc) is 2.26. The van der Waals surface area contributed by atoms with Crippen LogP contribution in [0.5, 0.6) is 0 Å². The lowest BCUT2D eigenvalue weighted by Gasteiger charge is -2.39. The largest absolute Gasteiger partial charge is 0.481 e. The third-order valence-corrected chi connectivity index (χ3v) is 4.12. The number of carbonyl (C=O) groups excluding carboxylic acids is 1. The Hall–Kier alpha value is -1.06. The summed E-state index contributed by atoms with van der Waals surface area (Å²) in [6.07, 6.45) is 2.54. The van der Waals surface area contributed by atoms with Crippen LogP contribution in [0.15, 0.2) is 0 Å². The zero-order valence-corrected chi connectivity index (χ0v) is 12.6. The third-order valence-electron chi connectivity index (χ3n) is 4.12. The number of piperidine rings is 1. The van der Waals surface area contributed by atoms with E-state index < -0.39 is 5.97 Å². The molecule has 0 spiro atoms. The van der Waals surface area contributed by atoms with Gasteiger partial charge in [-0.2, -0.15) is 0 Å². The van der Waals surface area contributed by atoms with Gasteiger partial charge in [-0.3, -0.25) is 9.59 Å². The van der Waals surface area contributed by atoms with Gasteiger partial charge in [-0.25, -0.2) is 0 Å². The van der Waals surface area contributed by atoms with Gasteiger partial charge < -0.3 is 10.0 Å². The summed E-state index contributed by atoms with van der Waals surface area (Å²) in [6.45, 7) is 10.2. The normalized spacial score (nSPS) is 19.3. The fraction of sp³-hybridized carbons (Fsp3) is 0.867. The monoisotopic (exact) mass is 269 g/mol. The molecule has 1 heterocycles. The highest BCUT2D eigenvalue weighted by atomic mass is 16.4. The molecule has 1 aliphatic rings. The lowest BCUT2D eigenvalue weighted by molar-refractivity contribution is -0.139. The molecule has 4 heteroatoms. The van der Waals surface area contributed by atoms with E-state index in [-0.39, 0.29) is 18.2 Å². The van der Waals surface area contributed by atoms with Crippen molar-refractivity contribution in [1.29, 1.82) is 0 Å². The first kappa shape index (κ1) is 16.0. The standard InChI is InChI=1S/C15H27NO3/c1-11(10-14(18)19)9-13(17)16-7-5-12(6-8-16)15(2,3)4/h11-12H,5-10H2,1-4H3,(H,18,19). The Morgan fingerprint density at radius 3 is 2.16 bits per heavy atom. The topological polar surface area (TPSA) is 57.6 Å². The van der Waals surface area contributed by atoms with E-state index in [0.717, 1.165) is 25.9 Å². The molecule has 1 rings (SSSR count). The van der Waals surface area contributed by atoms with Crippen molar-refractivity contribution in [2.75, 3.05) is 13.1 Å². The molecule has 0 saturated carbocycles. The molecule has 1 saturated heterocycles. The SMILES string of the molecule is CC(CC(=O)O)CC(=O)N1CCC(C(C)(C)C)CC1. The Morgan fingerprint density at radius 2 is 1.74 bits per heavy atom. The Balaban J connectivity index is 2.39. The molecule has 0 aromatic rings. The number of carboxylic acid groups (broad SMARTS) is 1. The van der Waals surface area contributed by atoms with Gasteiger partial charge in [0.2, 0.25) is 5.91 Å². The van der Waals surface area contributed by atoms with Crippen molar-refractivity contribution in [3.05, 3.63) is 0 Å². The molecule has 110 valence electrons. The summed E-state index contributed by atoms with van der Waals surface area (Å²) in [5.41, 5.74) is 0.311. The summed E-state index contributed by atoms with van der Waals surface area (Å²) in [5, 5.41) is 8.71. The fourth-order valence-electron chi connectivity index (χ4n) is 2.79. The van der Waals surface area contributed by atoms with Gasteiger partial charge in [-0.1, -0.05) is 27.7 Å². The van der Waals surface area contributed by atoms with E-state index in [1.54, 1.807) is 0 Å². The van der Waals surface area contributed by atoms with Gasteiger partial charge >= 0.3 is 5.97 Å². The van der Waals surface area contributed by atoms with Crippen LogP contribution >= 0.6 is 0 Å². The fourth-order valence-corrected chi connectivity index (χ4v) is 2.79. The minimum absolute atomic E-state index is 0.0736. The summed E-state index contributed by atoms with van der Waals surface area (Å²) in [6, 6.07) is 0. The molecular formula is C15H27NO3. The zero-order chi connectivity index (χ0) is 14.6. The summed E-state index contributed by atoms with van der Waals surface area (Å²) < 4.78 is 0. The van der Waals surface area contributed by atoms with Gasteiger partial charge in [-0.15, -0.1) is 0 Å². The van der Waals surface area contributed by atoms with E-state index in [1.807, 2.05) is 11.8 Å². The molecule has 0 radical (unpaired) electrons. The highest BCUT2D eigenvalue weighted by Gasteiger charge is 2.30. The molecule has 1 unspecified atom stereocenters. The summed E-state index contributed by atoms with van der Waals surface area (Å²) >= 11 is 0. The highest BCUT2D eigenvalue weighted by molar-refractivity contribution is 5.77. The molecule has 1 fully saturated rings. The molecule has 0 aliphatic carbocycles. The van der Waals surface area contributed by atoms with Gasteiger partial charge in [-0.05, 0) is 30.1 Å². The number of hydrogen-bond donors (Lipinski definition) is 1. The maximum Gasteiger partial charge on any atom is 0.303 e. The number of aliphatic carboxylic acids is 1. The quantitative estimate of drug-likeness (QED) is 0.853. The van der Waals surface area contributed by atoms with Gasteiger partial charge in [0.25, 0.3) is 0 Å². The van der Waals surface area contributed by atoms with Gasteiger partial charge in [0.05, 0.1) is 0 Å². The van der Waals surface area contributed by atoms with Gasteiger partial charge in [0.15, 0.2) is 0 Å². The Bertz CT molecular complexity index is 325. The maximum absolute atomic E-state index is 12.1. The molecule has 1 atom stereocenters. The van der Waals surface area contributed by atoms with Crippen molar-refractivity contribution in [2.45, 2.75) is 53.4 Å². The maximum atomic E-state index is 12.1. The van der Waals surface area contributed by atoms with Crippen LogP contribution in [0.1, 0.15) is 53.4 Å². The minimum atomic E-state index is -0.827. The second kappa shape index (κ2) is 6.40. The van der Waals surface area contributed by atoms with Crippen LogP contribution in [-0.4, -0.2) is 35.0 Å². The number of rotatable bonds is 4. The predicted molar refractivity (Wildman–Crippen MR) is 74.8 cm³/mol. The summed E-state index contributed by atoms with van der Waals surface area (Å²) in [4.78, 5) is 24.6. The third kappa shape index (κ3) is 5.21. The Morgan fingerprint density at radius 1 is 1.21 bits per heavy atom. The smallest absolute Gasteiger partial charge is 0.303 e. The summed E-state index contributed by atoms with van der Waals surface area (Å²) in [5.74, 6) is -0.119. The number of likely N-dealkylation sites (tertiary alicyclic amines) is 1. The zero-order valence-electron chi connectivity index (χ0n) is 12.6. The molecule has 19 heavy (non-hydrogen) atoms. The van der Waals surface area contributed by atoms with Crippen molar-refractivity contribution in [3.8, 4) is 0 Å². The first-order chi connectivity index (χ1) is 8.70. The van der Waals surface area contributed by atoms with Crippen LogP contribution in [0.4, 0.5) is 0 Å². The van der Waals surface area contributed by atoms with Crippen LogP contribution in [0.2, 0.25) is 0 Å². The number of amides is 1. The molecule has 0 aromatic carbocycles. The van der Waals surface area contributed by atoms with Crippen LogP contribution < -0.4 is 0 Å². The molecule has 1 aliphatic heterocycles. The molecular weight excluding hydrogens is 242 g/mol. The van der Waals surface area contributed by atoms with Crippen molar-refractivity contribution >= 4 is 11.9 Å². The minimum Gasteiger partial charge on any atom is -0.481 e. The van der Waals surface area contributed by atoms with E-state index in [1.165, 1.54) is 0 Å². The first-order valence-electron chi connectivity index (χ1n) is 7.19.